The summed E-state index contributed by atoms with van der Waals surface area (Å²) in [7, 11) is 1.68. The van der Waals surface area contributed by atoms with Crippen LogP contribution in [0.3, 0.4) is 0 Å². The van der Waals surface area contributed by atoms with Crippen LogP contribution in [-0.4, -0.2) is 28.8 Å². The molecule has 20 heavy (non-hydrogen) atoms. The molecule has 0 saturated heterocycles. The number of hydrogen-bond donors (Lipinski definition) is 1. The number of anilines is 1. The summed E-state index contributed by atoms with van der Waals surface area (Å²) in [5.74, 6) is 0.159. The third-order valence-electron chi connectivity index (χ3n) is 3.79. The molecule has 1 fully saturated rings. The molecule has 2 rings (SSSR count). The lowest BCUT2D eigenvalue weighted by Crippen LogP contribution is -2.36. The highest BCUT2D eigenvalue weighted by atomic mass is 35.5. The molecule has 7 heteroatoms. The number of nitro groups is 1. The molecule has 0 aliphatic heterocycles. The number of nitrogen functional groups attached to an aromatic ring is 1. The van der Waals surface area contributed by atoms with Crippen LogP contribution in [0.15, 0.2) is 12.1 Å². The molecule has 0 spiro atoms. The van der Waals surface area contributed by atoms with Gasteiger partial charge in [-0.05, 0) is 25.7 Å². The van der Waals surface area contributed by atoms with Gasteiger partial charge in [-0.25, -0.2) is 0 Å². The van der Waals surface area contributed by atoms with E-state index < -0.39 is 4.92 Å². The third kappa shape index (κ3) is 2.70. The molecule has 0 bridgehead atoms. The van der Waals surface area contributed by atoms with E-state index in [1.165, 1.54) is 6.07 Å². The van der Waals surface area contributed by atoms with Crippen molar-refractivity contribution in [2.75, 3.05) is 12.8 Å². The number of halogens is 1. The van der Waals surface area contributed by atoms with E-state index in [9.17, 15) is 14.9 Å². The van der Waals surface area contributed by atoms with Gasteiger partial charge in [0.15, 0.2) is 0 Å². The van der Waals surface area contributed by atoms with E-state index in [-0.39, 0.29) is 33.9 Å². The predicted molar refractivity (Wildman–Crippen MR) is 76.8 cm³/mol. The number of nitrogens with zero attached hydrogens (tertiary/aromatic N) is 2. The van der Waals surface area contributed by atoms with Crippen LogP contribution in [-0.2, 0) is 0 Å². The van der Waals surface area contributed by atoms with Crippen LogP contribution in [0.5, 0.6) is 0 Å². The van der Waals surface area contributed by atoms with Crippen LogP contribution in [0.4, 0.5) is 11.4 Å². The van der Waals surface area contributed by atoms with E-state index in [1.807, 2.05) is 6.92 Å². The SMILES string of the molecule is CC(C1CC1)N(C)C(=O)c1cc([N+](=O)[O-])cc(Cl)c1N. The Bertz CT molecular complexity index is 572. The molecule has 0 radical (unpaired) electrons. The summed E-state index contributed by atoms with van der Waals surface area (Å²) in [6.07, 6.45) is 2.20. The minimum Gasteiger partial charge on any atom is -0.397 e. The van der Waals surface area contributed by atoms with Gasteiger partial charge in [-0.3, -0.25) is 14.9 Å². The molecule has 1 aliphatic rings. The van der Waals surface area contributed by atoms with Gasteiger partial charge >= 0.3 is 0 Å². The first kappa shape index (κ1) is 14.6. The van der Waals surface area contributed by atoms with Crippen molar-refractivity contribution in [3.05, 3.63) is 32.8 Å². The summed E-state index contributed by atoms with van der Waals surface area (Å²) in [6.45, 7) is 1.96. The van der Waals surface area contributed by atoms with Gasteiger partial charge in [-0.1, -0.05) is 11.6 Å². The summed E-state index contributed by atoms with van der Waals surface area (Å²) in [5.41, 5.74) is 5.71. The smallest absolute Gasteiger partial charge is 0.271 e. The summed E-state index contributed by atoms with van der Waals surface area (Å²) in [5, 5.41) is 10.9. The number of carbonyl (C=O) groups is 1. The van der Waals surface area contributed by atoms with E-state index in [1.54, 1.807) is 11.9 Å². The van der Waals surface area contributed by atoms with Crippen molar-refractivity contribution < 1.29 is 9.72 Å². The lowest BCUT2D eigenvalue weighted by Gasteiger charge is -2.25. The maximum atomic E-state index is 12.4. The molecule has 6 nitrogen and oxygen atoms in total. The number of carbonyl (C=O) groups excluding carboxylic acids is 1. The van der Waals surface area contributed by atoms with Crippen molar-refractivity contribution in [2.24, 2.45) is 5.92 Å². The van der Waals surface area contributed by atoms with Gasteiger partial charge in [0, 0.05) is 25.2 Å². The number of rotatable bonds is 4. The lowest BCUT2D eigenvalue weighted by atomic mass is 10.1. The molecule has 0 aromatic heterocycles. The van der Waals surface area contributed by atoms with Gasteiger partial charge in [0.05, 0.1) is 21.2 Å². The van der Waals surface area contributed by atoms with Crippen molar-refractivity contribution in [1.29, 1.82) is 0 Å². The molecule has 1 amide bonds. The fraction of sp³-hybridized carbons (Fsp3) is 0.462. The second kappa shape index (κ2) is 5.28. The standard InChI is InChI=1S/C13H16ClN3O3/c1-7(8-3-4-8)16(2)13(18)10-5-9(17(19)20)6-11(14)12(10)15/h5-8H,3-4,15H2,1-2H3. The molecule has 0 heterocycles. The van der Waals surface area contributed by atoms with Gasteiger partial charge in [0.2, 0.25) is 0 Å². The minimum absolute atomic E-state index is 0.0232. The van der Waals surface area contributed by atoms with E-state index in [0.29, 0.717) is 5.92 Å². The van der Waals surface area contributed by atoms with Gasteiger partial charge in [-0.2, -0.15) is 0 Å². The average Bonchev–Trinajstić information content (AvgIpc) is 3.23. The number of amides is 1. The van der Waals surface area contributed by atoms with Crippen LogP contribution < -0.4 is 5.73 Å². The summed E-state index contributed by atoms with van der Waals surface area (Å²) < 4.78 is 0. The molecular formula is C13H16ClN3O3. The predicted octanol–water partition coefficient (Wildman–Crippen LogP) is 2.70. The van der Waals surface area contributed by atoms with E-state index in [2.05, 4.69) is 0 Å². The van der Waals surface area contributed by atoms with Crippen LogP contribution in [0.2, 0.25) is 5.02 Å². The van der Waals surface area contributed by atoms with E-state index in [4.69, 9.17) is 17.3 Å². The lowest BCUT2D eigenvalue weighted by molar-refractivity contribution is -0.384. The summed E-state index contributed by atoms with van der Waals surface area (Å²) in [6, 6.07) is 2.41. The Morgan fingerprint density at radius 3 is 2.65 bits per heavy atom. The summed E-state index contributed by atoms with van der Waals surface area (Å²) >= 11 is 5.87. The Kier molecular flexibility index (Phi) is 3.85. The zero-order valence-corrected chi connectivity index (χ0v) is 12.1. The number of hydrogen-bond acceptors (Lipinski definition) is 4. The molecule has 1 aromatic rings. The van der Waals surface area contributed by atoms with Crippen LogP contribution >= 0.6 is 11.6 Å². The maximum absolute atomic E-state index is 12.4. The van der Waals surface area contributed by atoms with E-state index >= 15 is 0 Å². The van der Waals surface area contributed by atoms with Crippen molar-refractivity contribution in [2.45, 2.75) is 25.8 Å². The van der Waals surface area contributed by atoms with Crippen molar-refractivity contribution in [3.8, 4) is 0 Å². The van der Waals surface area contributed by atoms with Gasteiger partial charge in [0.1, 0.15) is 0 Å². The number of non-ortho nitro benzene ring substituents is 1. The Balaban J connectivity index is 2.35. The van der Waals surface area contributed by atoms with Gasteiger partial charge in [0.25, 0.3) is 11.6 Å². The summed E-state index contributed by atoms with van der Waals surface area (Å²) in [4.78, 5) is 24.3. The highest BCUT2D eigenvalue weighted by Gasteiger charge is 2.33. The molecule has 1 saturated carbocycles. The van der Waals surface area contributed by atoms with Crippen LogP contribution in [0.25, 0.3) is 0 Å². The Morgan fingerprint density at radius 1 is 1.55 bits per heavy atom. The molecule has 2 N–H and O–H groups in total. The van der Waals surface area contributed by atoms with Crippen molar-refractivity contribution in [3.63, 3.8) is 0 Å². The zero-order valence-electron chi connectivity index (χ0n) is 11.3. The Labute approximate surface area is 121 Å². The highest BCUT2D eigenvalue weighted by Crippen LogP contribution is 2.36. The van der Waals surface area contributed by atoms with Crippen molar-refractivity contribution >= 4 is 28.9 Å². The van der Waals surface area contributed by atoms with Crippen LogP contribution in [0, 0.1) is 16.0 Å². The highest BCUT2D eigenvalue weighted by molar-refractivity contribution is 6.34. The molecule has 1 atom stereocenters. The van der Waals surface area contributed by atoms with E-state index in [0.717, 1.165) is 18.9 Å². The molecule has 108 valence electrons. The van der Waals surface area contributed by atoms with Crippen molar-refractivity contribution in [1.82, 2.24) is 4.90 Å². The van der Waals surface area contributed by atoms with Crippen LogP contribution in [0.1, 0.15) is 30.1 Å². The number of benzene rings is 1. The first-order chi connectivity index (χ1) is 9.32. The number of nitro benzene ring substituents is 1. The first-order valence-electron chi connectivity index (χ1n) is 6.33. The Hall–Kier alpha value is -1.82. The minimum atomic E-state index is -0.591. The first-order valence-corrected chi connectivity index (χ1v) is 6.71. The second-order valence-electron chi connectivity index (χ2n) is 5.14. The molecule has 1 unspecified atom stereocenters. The number of nitrogens with two attached hydrogens (primary N) is 1. The average molecular weight is 298 g/mol. The third-order valence-corrected chi connectivity index (χ3v) is 4.10. The molecule has 1 aromatic carbocycles. The Morgan fingerprint density at radius 2 is 2.15 bits per heavy atom. The van der Waals surface area contributed by atoms with Gasteiger partial charge in [-0.15, -0.1) is 0 Å². The largest absolute Gasteiger partial charge is 0.397 e. The monoisotopic (exact) mass is 297 g/mol. The van der Waals surface area contributed by atoms with Gasteiger partial charge < -0.3 is 10.6 Å². The molecule has 1 aliphatic carbocycles. The normalized spacial score (nSPS) is 15.8. The zero-order chi connectivity index (χ0) is 15.0. The fourth-order valence-electron chi connectivity index (χ4n) is 2.16. The maximum Gasteiger partial charge on any atom is 0.271 e. The topological polar surface area (TPSA) is 89.5 Å². The quantitative estimate of drug-likeness (QED) is 0.525. The second-order valence-corrected chi connectivity index (χ2v) is 5.55. The molecular weight excluding hydrogens is 282 g/mol. The fourth-order valence-corrected chi connectivity index (χ4v) is 2.37.